The lowest BCUT2D eigenvalue weighted by Gasteiger charge is -2.24. The molecule has 0 saturated heterocycles. The normalized spacial score (nSPS) is 22.8. The molecule has 2 heteroatoms. The van der Waals surface area contributed by atoms with E-state index in [4.69, 9.17) is 16.3 Å². The van der Waals surface area contributed by atoms with E-state index in [9.17, 15) is 0 Å². The van der Waals surface area contributed by atoms with E-state index in [1.807, 2.05) is 0 Å². The van der Waals surface area contributed by atoms with Crippen molar-refractivity contribution in [3.8, 4) is 5.75 Å². The highest BCUT2D eigenvalue weighted by atomic mass is 35.5. The van der Waals surface area contributed by atoms with Gasteiger partial charge >= 0.3 is 0 Å². The molecule has 0 fully saturated rings. The summed E-state index contributed by atoms with van der Waals surface area (Å²) in [4.78, 5) is 0. The van der Waals surface area contributed by atoms with E-state index in [1.54, 1.807) is 7.11 Å². The second kappa shape index (κ2) is 4.53. The molecule has 1 aliphatic rings. The molecule has 0 bridgehead atoms. The van der Waals surface area contributed by atoms with Crippen molar-refractivity contribution in [3.63, 3.8) is 0 Å². The first-order chi connectivity index (χ1) is 7.94. The molecule has 0 heterocycles. The molecule has 1 nitrogen and oxygen atoms in total. The second-order valence-corrected chi connectivity index (χ2v) is 6.34. The molecule has 0 N–H and O–H groups in total. The Labute approximate surface area is 109 Å². The summed E-state index contributed by atoms with van der Waals surface area (Å²) in [6, 6.07) is 4.18. The summed E-state index contributed by atoms with van der Waals surface area (Å²) in [5, 5.41) is 0.109. The van der Waals surface area contributed by atoms with Crippen LogP contribution in [-0.2, 0) is 6.42 Å². The Balaban J connectivity index is 2.53. The maximum atomic E-state index is 6.61. The van der Waals surface area contributed by atoms with Crippen LogP contribution in [0.15, 0.2) is 12.1 Å². The minimum Gasteiger partial charge on any atom is -0.496 e. The third kappa shape index (κ3) is 2.44. The molecule has 1 atom stereocenters. The van der Waals surface area contributed by atoms with Crippen LogP contribution in [0.25, 0.3) is 0 Å². The first kappa shape index (κ1) is 12.8. The van der Waals surface area contributed by atoms with Crippen molar-refractivity contribution in [2.24, 2.45) is 5.41 Å². The molecule has 0 amide bonds. The molecule has 0 aromatic heterocycles. The standard InChI is InChI=1S/C15H21ClO/c1-10-5-6-13(17-4)11-7-8-15(2,3)9-12(16)14(10)11/h5-6,12H,7-9H2,1-4H3. The van der Waals surface area contributed by atoms with Gasteiger partial charge in [-0.1, -0.05) is 19.9 Å². The van der Waals surface area contributed by atoms with Crippen molar-refractivity contribution in [2.75, 3.05) is 7.11 Å². The predicted molar refractivity (Wildman–Crippen MR) is 73.0 cm³/mol. The predicted octanol–water partition coefficient (Wildman–Crippen LogP) is 4.65. The van der Waals surface area contributed by atoms with Crippen LogP contribution in [0.3, 0.4) is 0 Å². The van der Waals surface area contributed by atoms with Crippen molar-refractivity contribution in [2.45, 2.75) is 45.4 Å². The molecule has 0 saturated carbocycles. The van der Waals surface area contributed by atoms with Crippen molar-refractivity contribution < 1.29 is 4.74 Å². The van der Waals surface area contributed by atoms with Crippen LogP contribution in [0.2, 0.25) is 0 Å². The zero-order chi connectivity index (χ0) is 12.6. The fraction of sp³-hybridized carbons (Fsp3) is 0.600. The van der Waals surface area contributed by atoms with Crippen LogP contribution < -0.4 is 4.74 Å². The summed E-state index contributed by atoms with van der Waals surface area (Å²) >= 11 is 6.61. The average molecular weight is 253 g/mol. The van der Waals surface area contributed by atoms with Gasteiger partial charge in [0.1, 0.15) is 5.75 Å². The summed E-state index contributed by atoms with van der Waals surface area (Å²) in [6.45, 7) is 6.75. The third-order valence-electron chi connectivity index (χ3n) is 3.85. The zero-order valence-corrected chi connectivity index (χ0v) is 11.9. The summed E-state index contributed by atoms with van der Waals surface area (Å²) in [7, 11) is 1.74. The van der Waals surface area contributed by atoms with Gasteiger partial charge in [0.25, 0.3) is 0 Å². The van der Waals surface area contributed by atoms with Crippen molar-refractivity contribution in [3.05, 3.63) is 28.8 Å². The Hall–Kier alpha value is -0.690. The van der Waals surface area contributed by atoms with Gasteiger partial charge in [0.05, 0.1) is 12.5 Å². The van der Waals surface area contributed by atoms with Gasteiger partial charge in [-0.05, 0) is 54.4 Å². The minimum atomic E-state index is 0.109. The van der Waals surface area contributed by atoms with Crippen molar-refractivity contribution >= 4 is 11.6 Å². The van der Waals surface area contributed by atoms with E-state index in [0.29, 0.717) is 5.41 Å². The number of ether oxygens (including phenoxy) is 1. The van der Waals surface area contributed by atoms with Crippen LogP contribution in [0.1, 0.15) is 48.8 Å². The lowest BCUT2D eigenvalue weighted by atomic mass is 9.84. The van der Waals surface area contributed by atoms with E-state index in [2.05, 4.69) is 32.9 Å². The van der Waals surface area contributed by atoms with Gasteiger partial charge in [-0.25, -0.2) is 0 Å². The van der Waals surface area contributed by atoms with Gasteiger partial charge in [-0.15, -0.1) is 11.6 Å². The number of alkyl halides is 1. The highest BCUT2D eigenvalue weighted by Gasteiger charge is 2.30. The highest BCUT2D eigenvalue weighted by molar-refractivity contribution is 6.21. The first-order valence-electron chi connectivity index (χ1n) is 6.25. The Morgan fingerprint density at radius 2 is 2.06 bits per heavy atom. The van der Waals surface area contributed by atoms with E-state index < -0.39 is 0 Å². The van der Waals surface area contributed by atoms with Crippen LogP contribution >= 0.6 is 11.6 Å². The average Bonchev–Trinajstić information content (AvgIpc) is 2.36. The molecule has 1 aliphatic carbocycles. The lowest BCUT2D eigenvalue weighted by molar-refractivity contribution is 0.312. The van der Waals surface area contributed by atoms with Crippen LogP contribution in [-0.4, -0.2) is 7.11 Å². The molecule has 0 spiro atoms. The molecule has 94 valence electrons. The van der Waals surface area contributed by atoms with Gasteiger partial charge in [-0.2, -0.15) is 0 Å². The number of methoxy groups -OCH3 is 1. The molecule has 1 aromatic carbocycles. The van der Waals surface area contributed by atoms with E-state index in [1.165, 1.54) is 23.1 Å². The van der Waals surface area contributed by atoms with Gasteiger partial charge < -0.3 is 4.74 Å². The van der Waals surface area contributed by atoms with Crippen LogP contribution in [0, 0.1) is 12.3 Å². The molecule has 0 radical (unpaired) electrons. The highest BCUT2D eigenvalue weighted by Crippen LogP contribution is 2.45. The Kier molecular flexibility index (Phi) is 3.40. The molecule has 2 rings (SSSR count). The molecule has 17 heavy (non-hydrogen) atoms. The Morgan fingerprint density at radius 3 is 2.71 bits per heavy atom. The molecular weight excluding hydrogens is 232 g/mol. The largest absolute Gasteiger partial charge is 0.496 e. The van der Waals surface area contributed by atoms with E-state index in [-0.39, 0.29) is 5.38 Å². The molecule has 1 unspecified atom stereocenters. The van der Waals surface area contributed by atoms with Gasteiger partial charge in [-0.3, -0.25) is 0 Å². The summed E-state index contributed by atoms with van der Waals surface area (Å²) in [6.07, 6.45) is 3.27. The number of benzene rings is 1. The van der Waals surface area contributed by atoms with Gasteiger partial charge in [0, 0.05) is 0 Å². The number of rotatable bonds is 1. The lowest BCUT2D eigenvalue weighted by Crippen LogP contribution is -2.11. The van der Waals surface area contributed by atoms with E-state index in [0.717, 1.165) is 18.6 Å². The van der Waals surface area contributed by atoms with Gasteiger partial charge in [0.2, 0.25) is 0 Å². The smallest absolute Gasteiger partial charge is 0.122 e. The number of hydrogen-bond donors (Lipinski definition) is 0. The van der Waals surface area contributed by atoms with Crippen molar-refractivity contribution in [1.82, 2.24) is 0 Å². The van der Waals surface area contributed by atoms with Gasteiger partial charge in [0.15, 0.2) is 0 Å². The monoisotopic (exact) mass is 252 g/mol. The molecule has 0 aliphatic heterocycles. The maximum absolute atomic E-state index is 6.61. The quantitative estimate of drug-likeness (QED) is 0.522. The Morgan fingerprint density at radius 1 is 1.35 bits per heavy atom. The molecular formula is C15H21ClO. The van der Waals surface area contributed by atoms with Crippen LogP contribution in [0.4, 0.5) is 0 Å². The summed E-state index contributed by atoms with van der Waals surface area (Å²) in [5.41, 5.74) is 4.22. The fourth-order valence-corrected chi connectivity index (χ4v) is 3.52. The number of hydrogen-bond acceptors (Lipinski definition) is 1. The third-order valence-corrected chi connectivity index (χ3v) is 4.22. The first-order valence-corrected chi connectivity index (χ1v) is 6.69. The van der Waals surface area contributed by atoms with Crippen molar-refractivity contribution in [1.29, 1.82) is 0 Å². The second-order valence-electron chi connectivity index (χ2n) is 5.81. The number of halogens is 1. The summed E-state index contributed by atoms with van der Waals surface area (Å²) in [5.74, 6) is 0.994. The topological polar surface area (TPSA) is 9.23 Å². The zero-order valence-electron chi connectivity index (χ0n) is 11.1. The van der Waals surface area contributed by atoms with Crippen LogP contribution in [0.5, 0.6) is 5.75 Å². The number of aryl methyl sites for hydroxylation is 1. The summed E-state index contributed by atoms with van der Waals surface area (Å²) < 4.78 is 5.48. The Bertz CT molecular complexity index is 423. The minimum absolute atomic E-state index is 0.109. The fourth-order valence-electron chi connectivity index (χ4n) is 2.80. The van der Waals surface area contributed by atoms with E-state index >= 15 is 0 Å². The SMILES string of the molecule is COc1ccc(C)c2c1CCC(C)(C)CC2Cl. The maximum Gasteiger partial charge on any atom is 0.122 e. The molecule has 1 aromatic rings. The number of fused-ring (bicyclic) bond motifs is 1.